The number of furan rings is 1. The SMILES string of the molecule is Cc1nc(C(=O)N(C)Cc2ccc([C@@H]3C[C@@H]3C)o2)nn1-c1ccc(F)cc1. The van der Waals surface area contributed by atoms with Gasteiger partial charge in [0.05, 0.1) is 12.2 Å². The Morgan fingerprint density at radius 3 is 2.67 bits per heavy atom. The Bertz CT molecular complexity index is 976. The number of carbonyl (C=O) groups excluding carboxylic acids is 1. The van der Waals surface area contributed by atoms with Crippen LogP contribution in [-0.4, -0.2) is 32.6 Å². The van der Waals surface area contributed by atoms with Crippen molar-refractivity contribution in [2.75, 3.05) is 7.05 Å². The normalized spacial score (nSPS) is 18.5. The molecule has 2 atom stereocenters. The summed E-state index contributed by atoms with van der Waals surface area (Å²) in [7, 11) is 1.69. The van der Waals surface area contributed by atoms with Crippen LogP contribution in [0.1, 0.15) is 47.2 Å². The number of hydrogen-bond donors (Lipinski definition) is 0. The second kappa shape index (κ2) is 6.64. The number of aromatic nitrogens is 3. The first-order valence-electron chi connectivity index (χ1n) is 8.96. The highest BCUT2D eigenvalue weighted by Gasteiger charge is 2.36. The Hall–Kier alpha value is -2.96. The van der Waals surface area contributed by atoms with Gasteiger partial charge in [0.2, 0.25) is 5.82 Å². The highest BCUT2D eigenvalue weighted by molar-refractivity contribution is 5.90. The van der Waals surface area contributed by atoms with E-state index in [1.165, 1.54) is 21.7 Å². The number of halogens is 1. The van der Waals surface area contributed by atoms with Crippen LogP contribution in [-0.2, 0) is 6.54 Å². The van der Waals surface area contributed by atoms with Gasteiger partial charge in [0.25, 0.3) is 5.91 Å². The molecule has 7 heteroatoms. The summed E-state index contributed by atoms with van der Waals surface area (Å²) in [5.74, 6) is 2.95. The van der Waals surface area contributed by atoms with Gasteiger partial charge in [-0.15, -0.1) is 5.10 Å². The van der Waals surface area contributed by atoms with Crippen molar-refractivity contribution in [2.24, 2.45) is 5.92 Å². The number of rotatable bonds is 5. The van der Waals surface area contributed by atoms with Crippen LogP contribution in [0.3, 0.4) is 0 Å². The Morgan fingerprint density at radius 2 is 2.00 bits per heavy atom. The first-order chi connectivity index (χ1) is 12.9. The van der Waals surface area contributed by atoms with Crippen LogP contribution in [0.25, 0.3) is 5.69 Å². The molecule has 27 heavy (non-hydrogen) atoms. The molecule has 0 radical (unpaired) electrons. The van der Waals surface area contributed by atoms with Crippen LogP contribution in [0.15, 0.2) is 40.8 Å². The van der Waals surface area contributed by atoms with Crippen LogP contribution in [0.5, 0.6) is 0 Å². The van der Waals surface area contributed by atoms with Gasteiger partial charge in [0.1, 0.15) is 23.2 Å². The fraction of sp³-hybridized carbons (Fsp3) is 0.350. The standard InChI is InChI=1S/C20H21FN4O2/c1-12-10-17(12)18-9-8-16(27-18)11-24(3)20(26)19-22-13(2)25(23-19)15-6-4-14(21)5-7-15/h4-9,12,17H,10-11H2,1-3H3/t12-,17+/m0/s1. The third-order valence-corrected chi connectivity index (χ3v) is 4.93. The summed E-state index contributed by atoms with van der Waals surface area (Å²) in [5.41, 5.74) is 0.650. The minimum atomic E-state index is -0.328. The molecule has 2 heterocycles. The molecule has 1 amide bonds. The van der Waals surface area contributed by atoms with E-state index in [0.29, 0.717) is 29.9 Å². The van der Waals surface area contributed by atoms with Crippen molar-refractivity contribution in [1.82, 2.24) is 19.7 Å². The smallest absolute Gasteiger partial charge is 0.293 e. The largest absolute Gasteiger partial charge is 0.464 e. The van der Waals surface area contributed by atoms with Gasteiger partial charge in [-0.3, -0.25) is 4.79 Å². The third kappa shape index (κ3) is 3.49. The Labute approximate surface area is 156 Å². The van der Waals surface area contributed by atoms with Gasteiger partial charge >= 0.3 is 0 Å². The average Bonchev–Trinajstić information content (AvgIpc) is 3.04. The summed E-state index contributed by atoms with van der Waals surface area (Å²) in [5, 5.41) is 4.29. The molecule has 140 valence electrons. The first-order valence-corrected chi connectivity index (χ1v) is 8.96. The van der Waals surface area contributed by atoms with E-state index in [0.717, 1.165) is 17.9 Å². The highest BCUT2D eigenvalue weighted by atomic mass is 19.1. The van der Waals surface area contributed by atoms with Gasteiger partial charge < -0.3 is 9.32 Å². The minimum absolute atomic E-state index is 0.0990. The quantitative estimate of drug-likeness (QED) is 0.689. The molecule has 1 aromatic carbocycles. The summed E-state index contributed by atoms with van der Waals surface area (Å²) in [6.45, 7) is 4.31. The number of amides is 1. The molecule has 3 aromatic rings. The van der Waals surface area contributed by atoms with Crippen molar-refractivity contribution >= 4 is 5.91 Å². The van der Waals surface area contributed by atoms with Crippen LogP contribution in [0.2, 0.25) is 0 Å². The molecule has 0 spiro atoms. The van der Waals surface area contributed by atoms with E-state index in [9.17, 15) is 9.18 Å². The lowest BCUT2D eigenvalue weighted by Gasteiger charge is -2.13. The lowest BCUT2D eigenvalue weighted by Crippen LogP contribution is -2.27. The zero-order valence-electron chi connectivity index (χ0n) is 15.5. The van der Waals surface area contributed by atoms with Gasteiger partial charge in [0.15, 0.2) is 0 Å². The molecule has 0 aliphatic heterocycles. The predicted molar refractivity (Wildman–Crippen MR) is 97.1 cm³/mol. The number of nitrogens with zero attached hydrogens (tertiary/aromatic N) is 4. The number of hydrogen-bond acceptors (Lipinski definition) is 4. The Balaban J connectivity index is 1.48. The lowest BCUT2D eigenvalue weighted by molar-refractivity contribution is 0.0762. The summed E-state index contributed by atoms with van der Waals surface area (Å²) >= 11 is 0. The molecule has 6 nitrogen and oxygen atoms in total. The van der Waals surface area contributed by atoms with E-state index in [1.807, 2.05) is 12.1 Å². The summed E-state index contributed by atoms with van der Waals surface area (Å²) in [6.07, 6.45) is 1.16. The van der Waals surface area contributed by atoms with E-state index in [4.69, 9.17) is 4.42 Å². The van der Waals surface area contributed by atoms with Gasteiger partial charge in [-0.05, 0) is 55.7 Å². The molecule has 0 N–H and O–H groups in total. The van der Waals surface area contributed by atoms with Crippen molar-refractivity contribution in [1.29, 1.82) is 0 Å². The van der Waals surface area contributed by atoms with Crippen molar-refractivity contribution in [3.05, 3.63) is 65.4 Å². The molecule has 0 saturated heterocycles. The van der Waals surface area contributed by atoms with Crippen LogP contribution < -0.4 is 0 Å². The van der Waals surface area contributed by atoms with E-state index in [-0.39, 0.29) is 17.5 Å². The highest BCUT2D eigenvalue weighted by Crippen LogP contribution is 2.47. The molecule has 1 fully saturated rings. The number of benzene rings is 1. The van der Waals surface area contributed by atoms with Crippen LogP contribution in [0.4, 0.5) is 4.39 Å². The van der Waals surface area contributed by atoms with Gasteiger partial charge in [-0.25, -0.2) is 14.1 Å². The topological polar surface area (TPSA) is 64.2 Å². The van der Waals surface area contributed by atoms with E-state index >= 15 is 0 Å². The lowest BCUT2D eigenvalue weighted by atomic mass is 10.3. The summed E-state index contributed by atoms with van der Waals surface area (Å²) in [4.78, 5) is 18.5. The molecule has 1 saturated carbocycles. The second-order valence-corrected chi connectivity index (χ2v) is 7.16. The fourth-order valence-electron chi connectivity index (χ4n) is 3.18. The number of aryl methyl sites for hydroxylation is 1. The van der Waals surface area contributed by atoms with E-state index in [1.54, 1.807) is 26.1 Å². The second-order valence-electron chi connectivity index (χ2n) is 7.16. The van der Waals surface area contributed by atoms with Crippen LogP contribution >= 0.6 is 0 Å². The van der Waals surface area contributed by atoms with Gasteiger partial charge in [0, 0.05) is 13.0 Å². The third-order valence-electron chi connectivity index (χ3n) is 4.93. The number of carbonyl (C=O) groups is 1. The average molecular weight is 368 g/mol. The summed E-state index contributed by atoms with van der Waals surface area (Å²) in [6, 6.07) is 9.79. The maximum Gasteiger partial charge on any atom is 0.293 e. The van der Waals surface area contributed by atoms with E-state index < -0.39 is 0 Å². The van der Waals surface area contributed by atoms with Gasteiger partial charge in [-0.1, -0.05) is 6.92 Å². The molecule has 1 aliphatic carbocycles. The molecule has 0 unspecified atom stereocenters. The molecule has 1 aliphatic rings. The monoisotopic (exact) mass is 368 g/mol. The van der Waals surface area contributed by atoms with E-state index in [2.05, 4.69) is 17.0 Å². The molecular formula is C20H21FN4O2. The van der Waals surface area contributed by atoms with Gasteiger partial charge in [-0.2, -0.15) is 0 Å². The Morgan fingerprint density at radius 1 is 1.30 bits per heavy atom. The first kappa shape index (κ1) is 17.5. The van der Waals surface area contributed by atoms with Crippen molar-refractivity contribution < 1.29 is 13.6 Å². The maximum atomic E-state index is 13.1. The zero-order chi connectivity index (χ0) is 19.1. The Kier molecular flexibility index (Phi) is 4.30. The molecule has 2 aromatic heterocycles. The predicted octanol–water partition coefficient (Wildman–Crippen LogP) is 3.70. The minimum Gasteiger partial charge on any atom is -0.464 e. The zero-order valence-corrected chi connectivity index (χ0v) is 15.5. The van der Waals surface area contributed by atoms with Crippen molar-refractivity contribution in [3.8, 4) is 5.69 Å². The maximum absolute atomic E-state index is 13.1. The molecule has 0 bridgehead atoms. The van der Waals surface area contributed by atoms with Crippen molar-refractivity contribution in [3.63, 3.8) is 0 Å². The molecular weight excluding hydrogens is 347 g/mol. The molecule has 4 rings (SSSR count). The van der Waals surface area contributed by atoms with Crippen molar-refractivity contribution in [2.45, 2.75) is 32.7 Å². The van der Waals surface area contributed by atoms with Crippen LogP contribution in [0, 0.1) is 18.7 Å². The fourth-order valence-corrected chi connectivity index (χ4v) is 3.18. The summed E-state index contributed by atoms with van der Waals surface area (Å²) < 4.78 is 20.5.